The van der Waals surface area contributed by atoms with Gasteiger partial charge in [-0.25, -0.2) is 0 Å². The van der Waals surface area contributed by atoms with Crippen LogP contribution in [0.5, 0.6) is 0 Å². The number of nitrogens with two attached hydrogens (primary N) is 1. The summed E-state index contributed by atoms with van der Waals surface area (Å²) in [7, 11) is 0. The van der Waals surface area contributed by atoms with E-state index in [1.54, 1.807) is 0 Å². The first-order valence-corrected chi connectivity index (χ1v) is 6.29. The highest BCUT2D eigenvalue weighted by molar-refractivity contribution is 5.58. The topological polar surface area (TPSA) is 64.9 Å². The fraction of sp³-hybridized carbons (Fsp3) is 0.429. The molecule has 96 valence electrons. The molecule has 0 radical (unpaired) electrons. The maximum absolute atomic E-state index is 6.11. The van der Waals surface area contributed by atoms with Crippen LogP contribution in [0.1, 0.15) is 38.6 Å². The molecule has 0 spiro atoms. The van der Waals surface area contributed by atoms with Crippen LogP contribution in [0, 0.1) is 0 Å². The van der Waals surface area contributed by atoms with E-state index < -0.39 is 5.54 Å². The lowest BCUT2D eigenvalue weighted by Crippen LogP contribution is -2.33. The van der Waals surface area contributed by atoms with E-state index in [0.717, 1.165) is 18.4 Å². The second-order valence-corrected chi connectivity index (χ2v) is 4.70. The van der Waals surface area contributed by atoms with Crippen molar-refractivity contribution in [2.45, 2.75) is 39.2 Å². The fourth-order valence-electron chi connectivity index (χ4n) is 1.76. The molecule has 0 saturated heterocycles. The molecular formula is C14H19N3O. The van der Waals surface area contributed by atoms with E-state index in [-0.39, 0.29) is 0 Å². The Morgan fingerprint density at radius 3 is 2.67 bits per heavy atom. The summed E-state index contributed by atoms with van der Waals surface area (Å²) in [4.78, 5) is 4.43. The van der Waals surface area contributed by atoms with Crippen LogP contribution in [0.4, 0.5) is 0 Å². The third-order valence-corrected chi connectivity index (χ3v) is 3.30. The summed E-state index contributed by atoms with van der Waals surface area (Å²) in [6.45, 7) is 6.03. The minimum absolute atomic E-state index is 0.539. The molecule has 0 aliphatic carbocycles. The smallest absolute Gasteiger partial charge is 0.258 e. The predicted octanol–water partition coefficient (Wildman–Crippen LogP) is 2.88. The van der Waals surface area contributed by atoms with Crippen molar-refractivity contribution in [3.05, 3.63) is 35.7 Å². The van der Waals surface area contributed by atoms with Gasteiger partial charge in [0.15, 0.2) is 5.82 Å². The lowest BCUT2D eigenvalue weighted by molar-refractivity contribution is 0.379. The van der Waals surface area contributed by atoms with Crippen LogP contribution < -0.4 is 5.73 Å². The van der Waals surface area contributed by atoms with E-state index in [2.05, 4.69) is 23.1 Å². The Bertz CT molecular complexity index is 531. The molecule has 1 heterocycles. The van der Waals surface area contributed by atoms with E-state index in [1.165, 1.54) is 5.56 Å². The highest BCUT2D eigenvalue weighted by Gasteiger charge is 2.25. The monoisotopic (exact) mass is 245 g/mol. The highest BCUT2D eigenvalue weighted by atomic mass is 16.5. The van der Waals surface area contributed by atoms with Crippen molar-refractivity contribution in [3.8, 4) is 11.5 Å². The molecule has 0 bridgehead atoms. The Balaban J connectivity index is 2.41. The Morgan fingerprint density at radius 2 is 2.00 bits per heavy atom. The van der Waals surface area contributed by atoms with Gasteiger partial charge in [-0.05, 0) is 31.4 Å². The second-order valence-electron chi connectivity index (χ2n) is 4.70. The SMILES string of the molecule is CCc1ccccc1-c1nc(C(C)(N)CC)no1. The average molecular weight is 245 g/mol. The summed E-state index contributed by atoms with van der Waals surface area (Å²) in [6.07, 6.45) is 1.70. The molecule has 18 heavy (non-hydrogen) atoms. The second kappa shape index (κ2) is 4.90. The number of hydrogen-bond acceptors (Lipinski definition) is 4. The van der Waals surface area contributed by atoms with Crippen LogP contribution >= 0.6 is 0 Å². The van der Waals surface area contributed by atoms with Gasteiger partial charge in [0, 0.05) is 5.56 Å². The number of aromatic nitrogens is 2. The maximum atomic E-state index is 6.11. The van der Waals surface area contributed by atoms with Crippen LogP contribution in [0.3, 0.4) is 0 Å². The van der Waals surface area contributed by atoms with E-state index in [9.17, 15) is 0 Å². The summed E-state index contributed by atoms with van der Waals surface area (Å²) in [6, 6.07) is 8.05. The van der Waals surface area contributed by atoms with Crippen molar-refractivity contribution in [2.24, 2.45) is 5.73 Å². The lowest BCUT2D eigenvalue weighted by atomic mass is 10.00. The molecule has 1 aromatic carbocycles. The van der Waals surface area contributed by atoms with Crippen LogP contribution in [0.2, 0.25) is 0 Å². The highest BCUT2D eigenvalue weighted by Crippen LogP contribution is 2.25. The Morgan fingerprint density at radius 1 is 1.28 bits per heavy atom. The minimum atomic E-state index is -0.539. The first-order chi connectivity index (χ1) is 8.58. The average Bonchev–Trinajstić information content (AvgIpc) is 2.89. The van der Waals surface area contributed by atoms with E-state index >= 15 is 0 Å². The maximum Gasteiger partial charge on any atom is 0.258 e. The molecule has 1 atom stereocenters. The number of aryl methyl sites for hydroxylation is 1. The van der Waals surface area contributed by atoms with Crippen molar-refractivity contribution in [1.82, 2.24) is 10.1 Å². The molecule has 1 aromatic heterocycles. The standard InChI is InChI=1S/C14H19N3O/c1-4-10-8-6-7-9-11(10)12-16-13(17-18-12)14(3,15)5-2/h6-9H,4-5,15H2,1-3H3. The molecule has 1 unspecified atom stereocenters. The van der Waals surface area contributed by atoms with Gasteiger partial charge in [0.2, 0.25) is 0 Å². The number of hydrogen-bond donors (Lipinski definition) is 1. The Hall–Kier alpha value is -1.68. The van der Waals surface area contributed by atoms with Gasteiger partial charge in [-0.1, -0.05) is 37.2 Å². The third kappa shape index (κ3) is 2.29. The number of nitrogens with zero attached hydrogens (tertiary/aromatic N) is 2. The van der Waals surface area contributed by atoms with Crippen molar-refractivity contribution in [2.75, 3.05) is 0 Å². The van der Waals surface area contributed by atoms with Gasteiger partial charge in [0.25, 0.3) is 5.89 Å². The minimum Gasteiger partial charge on any atom is -0.334 e. The lowest BCUT2D eigenvalue weighted by Gasteiger charge is -2.16. The van der Waals surface area contributed by atoms with Gasteiger partial charge < -0.3 is 10.3 Å². The summed E-state index contributed by atoms with van der Waals surface area (Å²) < 4.78 is 5.34. The van der Waals surface area contributed by atoms with Gasteiger partial charge in [0.1, 0.15) is 0 Å². The first kappa shape index (κ1) is 12.8. The normalized spacial score (nSPS) is 14.4. The molecule has 0 aliphatic heterocycles. The molecule has 4 heteroatoms. The van der Waals surface area contributed by atoms with E-state index in [1.807, 2.05) is 32.0 Å². The summed E-state index contributed by atoms with van der Waals surface area (Å²) in [5, 5.41) is 4.00. The van der Waals surface area contributed by atoms with E-state index in [4.69, 9.17) is 10.3 Å². The molecule has 0 amide bonds. The fourth-order valence-corrected chi connectivity index (χ4v) is 1.76. The molecule has 2 aromatic rings. The molecule has 0 fully saturated rings. The van der Waals surface area contributed by atoms with Gasteiger partial charge in [0.05, 0.1) is 5.54 Å². The predicted molar refractivity (Wildman–Crippen MR) is 70.9 cm³/mol. The molecule has 0 aliphatic rings. The summed E-state index contributed by atoms with van der Waals surface area (Å²) >= 11 is 0. The number of benzene rings is 1. The Kier molecular flexibility index (Phi) is 3.48. The van der Waals surface area contributed by atoms with Crippen LogP contribution in [-0.4, -0.2) is 10.1 Å². The Labute approximate surface area is 107 Å². The zero-order chi connectivity index (χ0) is 13.2. The molecule has 2 rings (SSSR count). The van der Waals surface area contributed by atoms with Crippen molar-refractivity contribution in [1.29, 1.82) is 0 Å². The zero-order valence-corrected chi connectivity index (χ0v) is 11.1. The van der Waals surface area contributed by atoms with E-state index in [0.29, 0.717) is 11.7 Å². The van der Waals surface area contributed by atoms with Gasteiger partial charge in [-0.3, -0.25) is 0 Å². The molecule has 0 saturated carbocycles. The molecule has 2 N–H and O–H groups in total. The first-order valence-electron chi connectivity index (χ1n) is 6.29. The third-order valence-electron chi connectivity index (χ3n) is 3.30. The van der Waals surface area contributed by atoms with Gasteiger partial charge in [-0.2, -0.15) is 4.98 Å². The van der Waals surface area contributed by atoms with Crippen molar-refractivity contribution < 1.29 is 4.52 Å². The largest absolute Gasteiger partial charge is 0.334 e. The zero-order valence-electron chi connectivity index (χ0n) is 11.1. The van der Waals surface area contributed by atoms with Gasteiger partial charge >= 0.3 is 0 Å². The van der Waals surface area contributed by atoms with Crippen LogP contribution in [0.15, 0.2) is 28.8 Å². The molecular weight excluding hydrogens is 226 g/mol. The quantitative estimate of drug-likeness (QED) is 0.899. The van der Waals surface area contributed by atoms with Crippen LogP contribution in [0.25, 0.3) is 11.5 Å². The summed E-state index contributed by atoms with van der Waals surface area (Å²) in [5.74, 6) is 1.11. The van der Waals surface area contributed by atoms with Crippen LogP contribution in [-0.2, 0) is 12.0 Å². The summed E-state index contributed by atoms with van der Waals surface area (Å²) in [5.41, 5.74) is 7.76. The van der Waals surface area contributed by atoms with Gasteiger partial charge in [-0.15, -0.1) is 0 Å². The van der Waals surface area contributed by atoms with Crippen molar-refractivity contribution in [3.63, 3.8) is 0 Å². The number of rotatable bonds is 4. The molecule has 4 nitrogen and oxygen atoms in total. The van der Waals surface area contributed by atoms with Crippen molar-refractivity contribution >= 4 is 0 Å².